The molecule has 0 radical (unpaired) electrons. The molecule has 0 fully saturated rings. The fourth-order valence-electron chi connectivity index (χ4n) is 2.33. The second-order valence-electron chi connectivity index (χ2n) is 5.22. The molecule has 0 bridgehead atoms. The van der Waals surface area contributed by atoms with Crippen molar-refractivity contribution in [1.82, 2.24) is 5.32 Å². The second kappa shape index (κ2) is 7.85. The van der Waals surface area contributed by atoms with E-state index in [0.29, 0.717) is 17.1 Å². The molecule has 2 aromatic carbocycles. The van der Waals surface area contributed by atoms with E-state index < -0.39 is 16.9 Å². The van der Waals surface area contributed by atoms with Crippen molar-refractivity contribution in [2.45, 2.75) is 13.0 Å². The zero-order valence-electron chi connectivity index (χ0n) is 13.9. The number of nitro benzene ring substituents is 1. The third-order valence-electron chi connectivity index (χ3n) is 3.66. The van der Waals surface area contributed by atoms with Crippen molar-refractivity contribution >= 4 is 23.2 Å². The monoisotopic (exact) mass is 364 g/mol. The number of carbonyl (C=O) groups excluding carboxylic acids is 1. The summed E-state index contributed by atoms with van der Waals surface area (Å²) in [4.78, 5) is 22.8. The van der Waals surface area contributed by atoms with Gasteiger partial charge in [0, 0.05) is 17.7 Å². The van der Waals surface area contributed by atoms with E-state index in [1.54, 1.807) is 25.1 Å². The molecule has 0 saturated heterocycles. The van der Waals surface area contributed by atoms with Crippen LogP contribution in [0.4, 0.5) is 5.69 Å². The van der Waals surface area contributed by atoms with Gasteiger partial charge in [0.1, 0.15) is 11.5 Å². The van der Waals surface area contributed by atoms with Gasteiger partial charge in [-0.2, -0.15) is 0 Å². The average Bonchev–Trinajstić information content (AvgIpc) is 2.60. The summed E-state index contributed by atoms with van der Waals surface area (Å²) < 4.78 is 10.5. The molecule has 0 heterocycles. The van der Waals surface area contributed by atoms with Gasteiger partial charge in [-0.05, 0) is 31.2 Å². The average molecular weight is 365 g/mol. The number of hydrogen-bond acceptors (Lipinski definition) is 5. The van der Waals surface area contributed by atoms with Gasteiger partial charge in [0.2, 0.25) is 0 Å². The summed E-state index contributed by atoms with van der Waals surface area (Å²) >= 11 is 6.00. The highest BCUT2D eigenvalue weighted by Gasteiger charge is 2.20. The molecule has 0 aliphatic carbocycles. The van der Waals surface area contributed by atoms with Gasteiger partial charge in [0.15, 0.2) is 0 Å². The van der Waals surface area contributed by atoms with Crippen molar-refractivity contribution in [2.75, 3.05) is 14.2 Å². The zero-order chi connectivity index (χ0) is 18.6. The SMILES string of the molecule is COc1ccc(OC)c([C@@H](C)NC(=O)c2cc([N+](=O)[O-])ccc2Cl)c1. The van der Waals surface area contributed by atoms with Crippen molar-refractivity contribution in [1.29, 1.82) is 0 Å². The van der Waals surface area contributed by atoms with Crippen molar-refractivity contribution in [2.24, 2.45) is 0 Å². The Kier molecular flexibility index (Phi) is 5.82. The minimum absolute atomic E-state index is 0.0320. The summed E-state index contributed by atoms with van der Waals surface area (Å²) in [6.45, 7) is 1.76. The third-order valence-corrected chi connectivity index (χ3v) is 3.99. The standard InChI is InChI=1S/C17H17ClN2O5/c1-10(13-9-12(24-2)5-7-16(13)25-3)19-17(21)14-8-11(20(22)23)4-6-15(14)18/h4-10H,1-3H3,(H,19,21)/t10-/m1/s1. The Morgan fingerprint density at radius 3 is 2.52 bits per heavy atom. The molecular weight excluding hydrogens is 348 g/mol. The molecule has 2 rings (SSSR count). The molecule has 1 atom stereocenters. The maximum Gasteiger partial charge on any atom is 0.270 e. The van der Waals surface area contributed by atoms with E-state index in [9.17, 15) is 14.9 Å². The lowest BCUT2D eigenvalue weighted by Gasteiger charge is -2.18. The Balaban J connectivity index is 2.29. The highest BCUT2D eigenvalue weighted by Crippen LogP contribution is 2.30. The van der Waals surface area contributed by atoms with Crippen LogP contribution in [-0.4, -0.2) is 25.1 Å². The number of rotatable bonds is 6. The number of nitrogens with one attached hydrogen (secondary N) is 1. The van der Waals surface area contributed by atoms with Gasteiger partial charge in [-0.1, -0.05) is 11.6 Å². The third kappa shape index (κ3) is 4.19. The van der Waals surface area contributed by atoms with Crippen molar-refractivity contribution < 1.29 is 19.2 Å². The molecule has 0 unspecified atom stereocenters. The fourth-order valence-corrected chi connectivity index (χ4v) is 2.53. The van der Waals surface area contributed by atoms with Crippen LogP contribution in [0.2, 0.25) is 5.02 Å². The van der Waals surface area contributed by atoms with Gasteiger partial charge in [-0.25, -0.2) is 0 Å². The van der Waals surface area contributed by atoms with Gasteiger partial charge in [-0.3, -0.25) is 14.9 Å². The van der Waals surface area contributed by atoms with Gasteiger partial charge < -0.3 is 14.8 Å². The van der Waals surface area contributed by atoms with Crippen LogP contribution in [0.5, 0.6) is 11.5 Å². The van der Waals surface area contributed by atoms with Crippen LogP contribution in [-0.2, 0) is 0 Å². The van der Waals surface area contributed by atoms with Gasteiger partial charge in [0.05, 0.1) is 35.8 Å². The van der Waals surface area contributed by atoms with Crippen molar-refractivity contribution in [3.8, 4) is 11.5 Å². The smallest absolute Gasteiger partial charge is 0.270 e. The zero-order valence-corrected chi connectivity index (χ0v) is 14.7. The van der Waals surface area contributed by atoms with E-state index in [4.69, 9.17) is 21.1 Å². The molecule has 0 spiro atoms. The number of ether oxygens (including phenoxy) is 2. The molecule has 7 nitrogen and oxygen atoms in total. The molecule has 2 aromatic rings. The minimum Gasteiger partial charge on any atom is -0.497 e. The first-order valence-electron chi connectivity index (χ1n) is 7.34. The Bertz CT molecular complexity index is 810. The van der Waals surface area contributed by atoms with E-state index in [-0.39, 0.29) is 16.3 Å². The molecule has 0 saturated carbocycles. The van der Waals surface area contributed by atoms with Crippen molar-refractivity contribution in [3.05, 3.63) is 62.7 Å². The number of benzene rings is 2. The lowest BCUT2D eigenvalue weighted by atomic mass is 10.1. The molecule has 0 aliphatic heterocycles. The summed E-state index contributed by atoms with van der Waals surface area (Å²) in [7, 11) is 3.06. The van der Waals surface area contributed by atoms with E-state index >= 15 is 0 Å². The molecule has 0 aromatic heterocycles. The number of halogens is 1. The first-order valence-corrected chi connectivity index (χ1v) is 7.72. The molecule has 25 heavy (non-hydrogen) atoms. The van der Waals surface area contributed by atoms with Crippen LogP contribution in [0.1, 0.15) is 28.9 Å². The first kappa shape index (κ1) is 18.5. The highest BCUT2D eigenvalue weighted by molar-refractivity contribution is 6.33. The Morgan fingerprint density at radius 1 is 1.20 bits per heavy atom. The van der Waals surface area contributed by atoms with Crippen LogP contribution < -0.4 is 14.8 Å². The molecule has 132 valence electrons. The first-order chi connectivity index (χ1) is 11.9. The van der Waals surface area contributed by atoms with E-state index in [1.165, 1.54) is 26.4 Å². The summed E-state index contributed by atoms with van der Waals surface area (Å²) in [5, 5.41) is 13.8. The van der Waals surface area contributed by atoms with E-state index in [2.05, 4.69) is 5.32 Å². The Morgan fingerprint density at radius 2 is 1.92 bits per heavy atom. The van der Waals surface area contributed by atoms with Gasteiger partial charge in [0.25, 0.3) is 11.6 Å². The number of nitro groups is 1. The Hall–Kier alpha value is -2.80. The predicted molar refractivity (Wildman–Crippen MR) is 93.5 cm³/mol. The van der Waals surface area contributed by atoms with Crippen LogP contribution in [0.15, 0.2) is 36.4 Å². The summed E-state index contributed by atoms with van der Waals surface area (Å²) in [5.74, 6) is 0.676. The summed E-state index contributed by atoms with van der Waals surface area (Å²) in [6.07, 6.45) is 0. The highest BCUT2D eigenvalue weighted by atomic mass is 35.5. The van der Waals surface area contributed by atoms with Crippen LogP contribution in [0.25, 0.3) is 0 Å². The largest absolute Gasteiger partial charge is 0.497 e. The topological polar surface area (TPSA) is 90.7 Å². The predicted octanol–water partition coefficient (Wildman–Crippen LogP) is 3.76. The molecule has 1 N–H and O–H groups in total. The molecular formula is C17H17ClN2O5. The quantitative estimate of drug-likeness (QED) is 0.622. The van der Waals surface area contributed by atoms with E-state index in [1.807, 2.05) is 0 Å². The maximum absolute atomic E-state index is 12.5. The Labute approximate surface area is 149 Å². The molecule has 1 amide bonds. The summed E-state index contributed by atoms with van der Waals surface area (Å²) in [6, 6.07) is 8.50. The van der Waals surface area contributed by atoms with Crippen LogP contribution in [0, 0.1) is 10.1 Å². The molecule has 8 heteroatoms. The lowest BCUT2D eigenvalue weighted by molar-refractivity contribution is -0.384. The fraction of sp³-hybridized carbons (Fsp3) is 0.235. The number of carbonyl (C=O) groups is 1. The number of non-ortho nitro benzene ring substituents is 1. The summed E-state index contributed by atoms with van der Waals surface area (Å²) in [5.41, 5.74) is 0.530. The van der Waals surface area contributed by atoms with E-state index in [0.717, 1.165) is 6.07 Å². The van der Waals surface area contributed by atoms with Crippen LogP contribution >= 0.6 is 11.6 Å². The van der Waals surface area contributed by atoms with Gasteiger partial charge >= 0.3 is 0 Å². The minimum atomic E-state index is -0.582. The number of hydrogen-bond donors (Lipinski definition) is 1. The number of nitrogens with zero attached hydrogens (tertiary/aromatic N) is 1. The number of amides is 1. The maximum atomic E-state index is 12.5. The number of methoxy groups -OCH3 is 2. The lowest BCUT2D eigenvalue weighted by Crippen LogP contribution is -2.27. The molecule has 0 aliphatic rings. The van der Waals surface area contributed by atoms with Crippen molar-refractivity contribution in [3.63, 3.8) is 0 Å². The normalized spacial score (nSPS) is 11.5. The van der Waals surface area contributed by atoms with Crippen LogP contribution in [0.3, 0.4) is 0 Å². The second-order valence-corrected chi connectivity index (χ2v) is 5.63. The van der Waals surface area contributed by atoms with Gasteiger partial charge in [-0.15, -0.1) is 0 Å².